The van der Waals surface area contributed by atoms with Crippen molar-refractivity contribution in [2.24, 2.45) is 0 Å². The highest BCUT2D eigenvalue weighted by Crippen LogP contribution is 2.34. The molecule has 0 saturated carbocycles. The Morgan fingerprint density at radius 2 is 1.73 bits per heavy atom. The van der Waals surface area contributed by atoms with E-state index in [1.807, 2.05) is 6.07 Å². The number of amides is 1. The summed E-state index contributed by atoms with van der Waals surface area (Å²) >= 11 is 5.87. The van der Waals surface area contributed by atoms with Crippen LogP contribution in [-0.4, -0.2) is 49.7 Å². The Balaban J connectivity index is 1.77. The van der Waals surface area contributed by atoms with Crippen LogP contribution in [0.5, 0.6) is 0 Å². The molecule has 0 atom stereocenters. The highest BCUT2D eigenvalue weighted by molar-refractivity contribution is 7.89. The van der Waals surface area contributed by atoms with E-state index in [4.69, 9.17) is 16.9 Å². The minimum absolute atomic E-state index is 0.0470. The maximum atomic E-state index is 13.0. The highest BCUT2D eigenvalue weighted by Gasteiger charge is 2.36. The normalized spacial score (nSPS) is 15.6. The first kappa shape index (κ1) is 22.1. The molecule has 1 amide bonds. The summed E-state index contributed by atoms with van der Waals surface area (Å²) in [6.45, 7) is -0.103. The van der Waals surface area contributed by atoms with E-state index < -0.39 is 26.7 Å². The van der Waals surface area contributed by atoms with Gasteiger partial charge in [0.15, 0.2) is 0 Å². The number of piperazine rings is 1. The number of hydrogen-bond acceptors (Lipinski definition) is 4. The molecule has 158 valence electrons. The maximum absolute atomic E-state index is 13.0. The van der Waals surface area contributed by atoms with Crippen molar-refractivity contribution in [1.29, 1.82) is 5.26 Å². The van der Waals surface area contributed by atoms with Crippen molar-refractivity contribution in [3.05, 3.63) is 64.2 Å². The smallest absolute Gasteiger partial charge is 0.336 e. The average molecular weight is 458 g/mol. The third-order valence-electron chi connectivity index (χ3n) is 4.64. The van der Waals surface area contributed by atoms with Crippen molar-refractivity contribution in [1.82, 2.24) is 9.21 Å². The fraction of sp³-hybridized carbons (Fsp3) is 0.263. The number of carbonyl (C=O) groups is 1. The van der Waals surface area contributed by atoms with E-state index in [1.54, 1.807) is 18.2 Å². The first-order chi connectivity index (χ1) is 14.0. The zero-order chi connectivity index (χ0) is 22.1. The van der Waals surface area contributed by atoms with E-state index in [0.717, 1.165) is 10.4 Å². The minimum Gasteiger partial charge on any atom is -0.336 e. The Hall–Kier alpha value is -2.61. The molecule has 2 aromatic rings. The monoisotopic (exact) mass is 457 g/mol. The number of carbonyl (C=O) groups excluding carboxylic acids is 1. The summed E-state index contributed by atoms with van der Waals surface area (Å²) < 4.78 is 65.6. The number of nitriles is 1. The lowest BCUT2D eigenvalue weighted by Gasteiger charge is -2.34. The van der Waals surface area contributed by atoms with Crippen LogP contribution < -0.4 is 0 Å². The van der Waals surface area contributed by atoms with Crippen LogP contribution in [-0.2, 0) is 16.2 Å². The molecule has 0 radical (unpaired) electrons. The third-order valence-corrected chi connectivity index (χ3v) is 7.02. The molecule has 1 saturated heterocycles. The largest absolute Gasteiger partial charge is 0.416 e. The first-order valence-electron chi connectivity index (χ1n) is 8.70. The van der Waals surface area contributed by atoms with Crippen LogP contribution in [0.2, 0.25) is 5.02 Å². The molecule has 2 aromatic carbocycles. The van der Waals surface area contributed by atoms with E-state index in [1.165, 1.54) is 11.0 Å². The van der Waals surface area contributed by atoms with Crippen LogP contribution in [0.1, 0.15) is 21.5 Å². The number of halogens is 4. The zero-order valence-electron chi connectivity index (χ0n) is 15.4. The first-order valence-corrected chi connectivity index (χ1v) is 10.5. The molecule has 6 nitrogen and oxygen atoms in total. The van der Waals surface area contributed by atoms with Gasteiger partial charge in [-0.15, -0.1) is 0 Å². The summed E-state index contributed by atoms with van der Waals surface area (Å²) in [5, 5.41) is 8.64. The van der Waals surface area contributed by atoms with Gasteiger partial charge in [0, 0.05) is 31.7 Å². The number of nitrogens with zero attached hydrogens (tertiary/aromatic N) is 3. The topological polar surface area (TPSA) is 81.5 Å². The highest BCUT2D eigenvalue weighted by atomic mass is 35.5. The predicted octanol–water partition coefficient (Wildman–Crippen LogP) is 3.38. The van der Waals surface area contributed by atoms with Crippen LogP contribution in [0.25, 0.3) is 0 Å². The SMILES string of the molecule is N#Cc1cccc(C(=O)N2CCN(S(=O)(=O)c3cc(C(F)(F)F)ccc3Cl)CC2)c1. The van der Waals surface area contributed by atoms with Crippen molar-refractivity contribution in [2.75, 3.05) is 26.2 Å². The van der Waals surface area contributed by atoms with Crippen molar-refractivity contribution in [3.8, 4) is 6.07 Å². The molecular formula is C19H15ClF3N3O3S. The molecule has 1 aliphatic rings. The molecule has 0 N–H and O–H groups in total. The van der Waals surface area contributed by atoms with E-state index in [2.05, 4.69) is 0 Å². The second kappa shape index (κ2) is 8.26. The van der Waals surface area contributed by atoms with Gasteiger partial charge in [-0.2, -0.15) is 22.7 Å². The van der Waals surface area contributed by atoms with Crippen LogP contribution >= 0.6 is 11.6 Å². The summed E-state index contributed by atoms with van der Waals surface area (Å²) in [6.07, 6.45) is -4.71. The fourth-order valence-electron chi connectivity index (χ4n) is 3.05. The molecule has 3 rings (SSSR count). The van der Waals surface area contributed by atoms with Gasteiger partial charge in [0.25, 0.3) is 5.91 Å². The molecule has 0 bridgehead atoms. The molecule has 1 heterocycles. The number of hydrogen-bond donors (Lipinski definition) is 0. The quantitative estimate of drug-likeness (QED) is 0.707. The summed E-state index contributed by atoms with van der Waals surface area (Å²) in [4.78, 5) is 13.4. The van der Waals surface area contributed by atoms with Gasteiger partial charge < -0.3 is 4.90 Å². The minimum atomic E-state index is -4.71. The summed E-state index contributed by atoms with van der Waals surface area (Å²) in [7, 11) is -4.28. The lowest BCUT2D eigenvalue weighted by Crippen LogP contribution is -2.50. The van der Waals surface area contributed by atoms with Gasteiger partial charge in [-0.05, 0) is 36.4 Å². The second-order valence-electron chi connectivity index (χ2n) is 6.53. The number of sulfonamides is 1. The Labute approximate surface area is 176 Å². The maximum Gasteiger partial charge on any atom is 0.416 e. The van der Waals surface area contributed by atoms with Crippen molar-refractivity contribution in [3.63, 3.8) is 0 Å². The number of alkyl halides is 3. The van der Waals surface area contributed by atoms with Gasteiger partial charge in [-0.3, -0.25) is 4.79 Å². The van der Waals surface area contributed by atoms with Gasteiger partial charge in [0.2, 0.25) is 10.0 Å². The summed E-state index contributed by atoms with van der Waals surface area (Å²) in [5.74, 6) is -0.360. The zero-order valence-corrected chi connectivity index (χ0v) is 16.9. The molecule has 30 heavy (non-hydrogen) atoms. The Bertz CT molecular complexity index is 1120. The number of benzene rings is 2. The molecule has 0 aliphatic carbocycles. The van der Waals surface area contributed by atoms with Crippen LogP contribution in [0.4, 0.5) is 13.2 Å². The lowest BCUT2D eigenvalue weighted by atomic mass is 10.1. The van der Waals surface area contributed by atoms with Crippen molar-refractivity contribution >= 4 is 27.5 Å². The van der Waals surface area contributed by atoms with E-state index >= 15 is 0 Å². The molecule has 1 fully saturated rings. The van der Waals surface area contributed by atoms with Crippen molar-refractivity contribution in [2.45, 2.75) is 11.1 Å². The average Bonchev–Trinajstić information content (AvgIpc) is 2.72. The van der Waals surface area contributed by atoms with Gasteiger partial charge in [-0.1, -0.05) is 17.7 Å². The third kappa shape index (κ3) is 4.43. The molecule has 0 aromatic heterocycles. The summed E-state index contributed by atoms with van der Waals surface area (Å²) in [5.41, 5.74) is -0.496. The van der Waals surface area contributed by atoms with Crippen LogP contribution in [0.3, 0.4) is 0 Å². The van der Waals surface area contributed by atoms with Crippen LogP contribution in [0, 0.1) is 11.3 Å². The fourth-order valence-corrected chi connectivity index (χ4v) is 4.97. The molecular weight excluding hydrogens is 443 g/mol. The Morgan fingerprint density at radius 1 is 1.07 bits per heavy atom. The molecule has 11 heteroatoms. The van der Waals surface area contributed by atoms with E-state index in [0.29, 0.717) is 23.3 Å². The van der Waals surface area contributed by atoms with Gasteiger partial charge in [-0.25, -0.2) is 8.42 Å². The molecule has 0 spiro atoms. The van der Waals surface area contributed by atoms with Gasteiger partial charge in [0.1, 0.15) is 4.90 Å². The van der Waals surface area contributed by atoms with Gasteiger partial charge >= 0.3 is 6.18 Å². The van der Waals surface area contributed by atoms with Gasteiger partial charge in [0.05, 0.1) is 22.2 Å². The number of rotatable bonds is 3. The van der Waals surface area contributed by atoms with Crippen LogP contribution in [0.15, 0.2) is 47.4 Å². The Kier molecular flexibility index (Phi) is 6.08. The van der Waals surface area contributed by atoms with E-state index in [-0.39, 0.29) is 37.1 Å². The molecule has 1 aliphatic heterocycles. The summed E-state index contributed by atoms with van der Waals surface area (Å²) in [6, 6.07) is 10.2. The standard InChI is InChI=1S/C19H15ClF3N3O3S/c20-16-5-4-15(19(21,22)23)11-17(16)30(28,29)26-8-6-25(7-9-26)18(27)14-3-1-2-13(10-14)12-24/h1-5,10-11H,6-9H2. The predicted molar refractivity (Wildman–Crippen MR) is 102 cm³/mol. The van der Waals surface area contributed by atoms with E-state index in [9.17, 15) is 26.4 Å². The molecule has 0 unspecified atom stereocenters. The Morgan fingerprint density at radius 3 is 2.33 bits per heavy atom. The lowest BCUT2D eigenvalue weighted by molar-refractivity contribution is -0.137. The second-order valence-corrected chi connectivity index (χ2v) is 8.85. The van der Waals surface area contributed by atoms with Crippen molar-refractivity contribution < 1.29 is 26.4 Å².